The van der Waals surface area contributed by atoms with Crippen LogP contribution < -0.4 is 4.74 Å². The number of aromatic nitrogens is 4. The van der Waals surface area contributed by atoms with Gasteiger partial charge in [0.05, 0.1) is 19.8 Å². The minimum Gasteiger partial charge on any atom is -0.462 e. The Morgan fingerprint density at radius 2 is 1.90 bits per heavy atom. The lowest BCUT2D eigenvalue weighted by molar-refractivity contribution is 0.0317. The maximum atomic E-state index is 5.83. The van der Waals surface area contributed by atoms with Gasteiger partial charge in [-0.25, -0.2) is 0 Å². The lowest BCUT2D eigenvalue weighted by atomic mass is 10.1. The van der Waals surface area contributed by atoms with Crippen LogP contribution >= 0.6 is 0 Å². The molecule has 0 radical (unpaired) electrons. The predicted molar refractivity (Wildman–Crippen MR) is 115 cm³/mol. The van der Waals surface area contributed by atoms with Crippen molar-refractivity contribution in [2.75, 3.05) is 39.5 Å². The van der Waals surface area contributed by atoms with Gasteiger partial charge in [-0.05, 0) is 24.6 Å². The topological polar surface area (TPSA) is 98.0 Å². The summed E-state index contributed by atoms with van der Waals surface area (Å²) in [5, 5.41) is 8.48. The molecule has 2 aromatic heterocycles. The molecule has 1 aromatic carbocycles. The number of hydrogen-bond donors (Lipinski definition) is 0. The van der Waals surface area contributed by atoms with Gasteiger partial charge in [0.2, 0.25) is 0 Å². The fraction of sp³-hybridized carbons (Fsp3) is 0.364. The molecule has 0 aliphatic carbocycles. The third-order valence-corrected chi connectivity index (χ3v) is 4.78. The van der Waals surface area contributed by atoms with Gasteiger partial charge in [-0.1, -0.05) is 29.8 Å². The molecule has 4 rings (SSSR count). The zero-order valence-corrected chi connectivity index (χ0v) is 17.5. The zero-order chi connectivity index (χ0) is 21.3. The molecule has 0 atom stereocenters. The van der Waals surface area contributed by atoms with Crippen LogP contribution in [-0.4, -0.2) is 64.3 Å². The van der Waals surface area contributed by atoms with Gasteiger partial charge < -0.3 is 9.47 Å². The molecule has 9 nitrogen and oxygen atoms in total. The van der Waals surface area contributed by atoms with Crippen molar-refractivity contribution in [2.45, 2.75) is 13.5 Å². The molecular formula is C22H25N7O2. The number of nitrogens with zero attached hydrogens (tertiary/aromatic N) is 7. The van der Waals surface area contributed by atoms with Crippen molar-refractivity contribution in [1.29, 1.82) is 0 Å². The van der Waals surface area contributed by atoms with E-state index < -0.39 is 0 Å². The van der Waals surface area contributed by atoms with Crippen LogP contribution in [0.4, 0.5) is 5.95 Å². The first-order chi connectivity index (χ1) is 15.3. The highest BCUT2D eigenvalue weighted by atomic mass is 16.5. The molecule has 9 heteroatoms. The summed E-state index contributed by atoms with van der Waals surface area (Å²) >= 11 is 0. The Morgan fingerprint density at radius 3 is 2.71 bits per heavy atom. The first kappa shape index (κ1) is 21.0. The van der Waals surface area contributed by atoms with Gasteiger partial charge in [-0.2, -0.15) is 20.1 Å². The fourth-order valence-corrected chi connectivity index (χ4v) is 3.17. The summed E-state index contributed by atoms with van der Waals surface area (Å²) in [6, 6.07) is 12.1. The molecule has 1 fully saturated rings. The van der Waals surface area contributed by atoms with Gasteiger partial charge in [0, 0.05) is 37.6 Å². The Balaban J connectivity index is 1.48. The summed E-state index contributed by atoms with van der Waals surface area (Å²) in [7, 11) is 0. The van der Waals surface area contributed by atoms with Crippen LogP contribution in [-0.2, 0) is 11.3 Å². The van der Waals surface area contributed by atoms with Crippen molar-refractivity contribution >= 4 is 5.95 Å². The maximum absolute atomic E-state index is 5.83. The molecule has 0 saturated carbocycles. The zero-order valence-electron chi connectivity index (χ0n) is 17.5. The normalized spacial score (nSPS) is 14.7. The molecule has 31 heavy (non-hydrogen) atoms. The van der Waals surface area contributed by atoms with Crippen molar-refractivity contribution in [2.24, 2.45) is 10.2 Å². The smallest absolute Gasteiger partial charge is 0.321 e. The maximum Gasteiger partial charge on any atom is 0.321 e. The summed E-state index contributed by atoms with van der Waals surface area (Å²) in [5.41, 5.74) is 3.07. The molecule has 0 N–H and O–H groups in total. The van der Waals surface area contributed by atoms with E-state index in [0.717, 1.165) is 44.0 Å². The van der Waals surface area contributed by atoms with Crippen LogP contribution in [0.2, 0.25) is 0 Å². The number of hydrogen-bond acceptors (Lipinski definition) is 9. The third kappa shape index (κ3) is 6.34. The van der Waals surface area contributed by atoms with Crippen molar-refractivity contribution in [3.63, 3.8) is 0 Å². The lowest BCUT2D eigenvalue weighted by Gasteiger charge is -2.26. The Labute approximate surface area is 181 Å². The van der Waals surface area contributed by atoms with E-state index in [0.29, 0.717) is 19.0 Å². The molecule has 3 heterocycles. The number of benzene rings is 1. The number of azo groups is 1. The van der Waals surface area contributed by atoms with E-state index in [2.05, 4.69) is 41.1 Å². The second-order valence-electron chi connectivity index (χ2n) is 7.17. The van der Waals surface area contributed by atoms with E-state index in [-0.39, 0.29) is 12.0 Å². The van der Waals surface area contributed by atoms with Crippen LogP contribution in [0.3, 0.4) is 0 Å². The molecule has 160 valence electrons. The largest absolute Gasteiger partial charge is 0.462 e. The first-order valence-electron chi connectivity index (χ1n) is 10.3. The molecular weight excluding hydrogens is 394 g/mol. The van der Waals surface area contributed by atoms with E-state index in [1.54, 1.807) is 12.4 Å². The van der Waals surface area contributed by atoms with Crippen molar-refractivity contribution in [3.8, 4) is 17.4 Å². The highest BCUT2D eigenvalue weighted by Gasteiger charge is 2.12. The monoisotopic (exact) mass is 419 g/mol. The number of ether oxygens (including phenoxy) is 2. The highest BCUT2D eigenvalue weighted by Crippen LogP contribution is 2.20. The minimum absolute atomic E-state index is 0.218. The lowest BCUT2D eigenvalue weighted by Crippen LogP contribution is -2.38. The number of rotatable bonds is 8. The molecule has 0 spiro atoms. The van der Waals surface area contributed by atoms with Gasteiger partial charge in [-0.3, -0.25) is 9.88 Å². The van der Waals surface area contributed by atoms with Crippen molar-refractivity contribution in [3.05, 3.63) is 59.9 Å². The van der Waals surface area contributed by atoms with Crippen LogP contribution in [0.25, 0.3) is 11.4 Å². The second kappa shape index (κ2) is 10.6. The number of pyridine rings is 1. The molecule has 1 aliphatic heterocycles. The van der Waals surface area contributed by atoms with E-state index in [9.17, 15) is 0 Å². The number of morpholine rings is 1. The SMILES string of the molecule is Cc1cccc(CN=Nc2nc(OCCN3CCOCC3)nc(-c3ccncc3)n2)c1. The van der Waals surface area contributed by atoms with Gasteiger partial charge in [-0.15, -0.1) is 5.11 Å². The van der Waals surface area contributed by atoms with Crippen molar-refractivity contribution < 1.29 is 9.47 Å². The minimum atomic E-state index is 0.218. The van der Waals surface area contributed by atoms with Gasteiger partial charge in [0.1, 0.15) is 6.61 Å². The molecule has 1 saturated heterocycles. The summed E-state index contributed by atoms with van der Waals surface area (Å²) in [6.45, 7) is 7.07. The number of aryl methyl sites for hydroxylation is 1. The van der Waals surface area contributed by atoms with E-state index in [1.807, 2.05) is 37.3 Å². The Hall–Kier alpha value is -3.30. The molecule has 3 aromatic rings. The van der Waals surface area contributed by atoms with Gasteiger partial charge in [0.15, 0.2) is 5.82 Å². The Bertz CT molecular complexity index is 1010. The fourth-order valence-electron chi connectivity index (χ4n) is 3.17. The average molecular weight is 419 g/mol. The standard InChI is InChI=1S/C22H25N7O2/c1-17-3-2-4-18(15-17)16-24-28-21-25-20(19-5-7-23-8-6-19)26-22(27-21)31-14-11-29-9-12-30-13-10-29/h2-8,15H,9-14,16H2,1H3. The molecule has 1 aliphatic rings. The molecule has 0 unspecified atom stereocenters. The molecule has 0 amide bonds. The van der Waals surface area contributed by atoms with Crippen LogP contribution in [0.15, 0.2) is 59.0 Å². The average Bonchev–Trinajstić information content (AvgIpc) is 2.80. The van der Waals surface area contributed by atoms with E-state index >= 15 is 0 Å². The Morgan fingerprint density at radius 1 is 1.06 bits per heavy atom. The third-order valence-electron chi connectivity index (χ3n) is 4.78. The van der Waals surface area contributed by atoms with E-state index in [4.69, 9.17) is 9.47 Å². The first-order valence-corrected chi connectivity index (χ1v) is 10.3. The van der Waals surface area contributed by atoms with Crippen molar-refractivity contribution in [1.82, 2.24) is 24.8 Å². The van der Waals surface area contributed by atoms with Crippen LogP contribution in [0, 0.1) is 6.92 Å². The van der Waals surface area contributed by atoms with Gasteiger partial charge in [0.25, 0.3) is 5.95 Å². The summed E-state index contributed by atoms with van der Waals surface area (Å²) in [4.78, 5) is 19.5. The van der Waals surface area contributed by atoms with Gasteiger partial charge >= 0.3 is 6.01 Å². The van der Waals surface area contributed by atoms with Crippen LogP contribution in [0.5, 0.6) is 6.01 Å². The second-order valence-corrected chi connectivity index (χ2v) is 7.17. The predicted octanol–water partition coefficient (Wildman–Crippen LogP) is 3.24. The summed E-state index contributed by atoms with van der Waals surface area (Å²) in [6.07, 6.45) is 3.38. The summed E-state index contributed by atoms with van der Waals surface area (Å²) < 4.78 is 11.2. The summed E-state index contributed by atoms with van der Waals surface area (Å²) in [5.74, 6) is 0.694. The van der Waals surface area contributed by atoms with Crippen LogP contribution in [0.1, 0.15) is 11.1 Å². The highest BCUT2D eigenvalue weighted by molar-refractivity contribution is 5.54. The quantitative estimate of drug-likeness (QED) is 0.517. The van der Waals surface area contributed by atoms with E-state index in [1.165, 1.54) is 5.56 Å². The molecule has 0 bridgehead atoms. The Kier molecular flexibility index (Phi) is 7.20.